The van der Waals surface area contributed by atoms with Crippen molar-refractivity contribution in [1.29, 1.82) is 0 Å². The van der Waals surface area contributed by atoms with E-state index in [-0.39, 0.29) is 37.6 Å². The molecule has 13 heteroatoms. The first-order valence-electron chi connectivity index (χ1n) is 14.3. The average molecular weight is 618 g/mol. The number of piperazine rings is 1. The summed E-state index contributed by atoms with van der Waals surface area (Å²) in [4.78, 5) is 42.3. The third kappa shape index (κ3) is 5.97. The molecule has 0 bridgehead atoms. The summed E-state index contributed by atoms with van der Waals surface area (Å²) in [5.74, 6) is 0.342. The molecule has 10 nitrogen and oxygen atoms in total. The van der Waals surface area contributed by atoms with E-state index in [1.54, 1.807) is 68.4 Å². The number of nitrogens with zero attached hydrogens (tertiary/aromatic N) is 6. The summed E-state index contributed by atoms with van der Waals surface area (Å²) in [6.07, 6.45) is -2.10. The Morgan fingerprint density at radius 2 is 1.67 bits per heavy atom. The molecule has 4 aromatic heterocycles. The standard InChI is InChI=1S/C32H30F3N7O3/c1-31(2,3)45-30(44)41-14-12-40(13-15-41)25-9-6-21(16-22(25)32(33,34)35)42-27(43)11-5-20-18-37-24-8-7-23(39-28(24)29(20)42)19-4-10-26(36)38-17-19/h4-11,16-18H,12-15H2,1-3H3,(H2,36,38). The second-order valence-electron chi connectivity index (χ2n) is 11.8. The number of benzene rings is 1. The van der Waals surface area contributed by atoms with Crippen molar-refractivity contribution >= 4 is 39.5 Å². The fourth-order valence-electron chi connectivity index (χ4n) is 5.37. The molecule has 5 aromatic rings. The number of nitrogen functional groups attached to an aromatic ring is 1. The van der Waals surface area contributed by atoms with Gasteiger partial charge in [0.1, 0.15) is 16.9 Å². The zero-order valence-electron chi connectivity index (χ0n) is 24.8. The van der Waals surface area contributed by atoms with E-state index in [0.29, 0.717) is 39.0 Å². The highest BCUT2D eigenvalue weighted by atomic mass is 19.4. The molecule has 1 aliphatic rings. The molecule has 0 atom stereocenters. The minimum atomic E-state index is -4.72. The van der Waals surface area contributed by atoms with Gasteiger partial charge in [-0.2, -0.15) is 13.2 Å². The molecule has 0 unspecified atom stereocenters. The first-order valence-corrected chi connectivity index (χ1v) is 14.3. The lowest BCUT2D eigenvalue weighted by Crippen LogP contribution is -2.50. The molecule has 0 saturated carbocycles. The lowest BCUT2D eigenvalue weighted by Gasteiger charge is -2.37. The molecule has 0 spiro atoms. The van der Waals surface area contributed by atoms with Crippen molar-refractivity contribution < 1.29 is 22.7 Å². The van der Waals surface area contributed by atoms with Crippen LogP contribution in [0.25, 0.3) is 38.9 Å². The van der Waals surface area contributed by atoms with E-state index in [9.17, 15) is 22.8 Å². The molecule has 6 rings (SSSR count). The quantitative estimate of drug-likeness (QED) is 0.258. The van der Waals surface area contributed by atoms with Crippen LogP contribution in [0.3, 0.4) is 0 Å². The maximum atomic E-state index is 14.6. The Kier molecular flexibility index (Phi) is 7.34. The van der Waals surface area contributed by atoms with Crippen LogP contribution in [0.1, 0.15) is 26.3 Å². The molecule has 2 N–H and O–H groups in total. The molecule has 1 aliphatic heterocycles. The monoisotopic (exact) mass is 617 g/mol. The number of amides is 1. The minimum Gasteiger partial charge on any atom is -0.444 e. The van der Waals surface area contributed by atoms with Crippen molar-refractivity contribution in [3.05, 3.63) is 82.9 Å². The van der Waals surface area contributed by atoms with E-state index < -0.39 is 29.0 Å². The van der Waals surface area contributed by atoms with Gasteiger partial charge in [-0.05, 0) is 69.3 Å². The number of hydrogen-bond donors (Lipinski definition) is 1. The summed E-state index contributed by atoms with van der Waals surface area (Å²) in [5.41, 5.74) is 5.95. The van der Waals surface area contributed by atoms with Gasteiger partial charge < -0.3 is 20.3 Å². The number of hydrogen-bond acceptors (Lipinski definition) is 8. The Balaban J connectivity index is 1.43. The number of carbonyl (C=O) groups excluding carboxylic acids is 1. The summed E-state index contributed by atoms with van der Waals surface area (Å²) < 4.78 is 50.4. The normalized spacial score (nSPS) is 14.3. The fourth-order valence-corrected chi connectivity index (χ4v) is 5.37. The maximum Gasteiger partial charge on any atom is 0.418 e. The third-order valence-electron chi connectivity index (χ3n) is 7.46. The Morgan fingerprint density at radius 1 is 0.911 bits per heavy atom. The van der Waals surface area contributed by atoms with Crippen molar-refractivity contribution in [3.63, 3.8) is 0 Å². The van der Waals surface area contributed by atoms with Crippen LogP contribution in [0.5, 0.6) is 0 Å². The van der Waals surface area contributed by atoms with Gasteiger partial charge in [0.25, 0.3) is 5.56 Å². The number of nitrogens with two attached hydrogens (primary N) is 1. The topological polar surface area (TPSA) is 119 Å². The van der Waals surface area contributed by atoms with Crippen LogP contribution in [0.4, 0.5) is 29.5 Å². The number of alkyl halides is 3. The van der Waals surface area contributed by atoms with E-state index in [2.05, 4.69) is 9.97 Å². The van der Waals surface area contributed by atoms with Gasteiger partial charge in [-0.3, -0.25) is 14.3 Å². The number of pyridine rings is 4. The molecule has 1 fully saturated rings. The summed E-state index contributed by atoms with van der Waals surface area (Å²) in [7, 11) is 0. The average Bonchev–Trinajstić information content (AvgIpc) is 2.99. The van der Waals surface area contributed by atoms with Crippen molar-refractivity contribution in [2.24, 2.45) is 0 Å². The summed E-state index contributed by atoms with van der Waals surface area (Å²) in [5, 5.41) is 0.526. The summed E-state index contributed by atoms with van der Waals surface area (Å²) in [6, 6.07) is 13.6. The lowest BCUT2D eigenvalue weighted by molar-refractivity contribution is -0.137. The van der Waals surface area contributed by atoms with Crippen LogP contribution in [0.15, 0.2) is 71.8 Å². The molecule has 1 aromatic carbocycles. The Hall–Kier alpha value is -5.20. The Morgan fingerprint density at radius 3 is 2.33 bits per heavy atom. The van der Waals surface area contributed by atoms with Gasteiger partial charge in [0.05, 0.1) is 28.0 Å². The number of ether oxygens (including phenoxy) is 1. The molecule has 5 heterocycles. The SMILES string of the molecule is CC(C)(C)OC(=O)N1CCN(c2ccc(-n3c(=O)ccc4cnc5ccc(-c6ccc(N)nc6)nc5c43)cc2C(F)(F)F)CC1. The van der Waals surface area contributed by atoms with Crippen LogP contribution < -0.4 is 16.2 Å². The van der Waals surface area contributed by atoms with Gasteiger partial charge in [-0.25, -0.2) is 14.8 Å². The Labute approximate surface area is 255 Å². The summed E-state index contributed by atoms with van der Waals surface area (Å²) >= 11 is 0. The van der Waals surface area contributed by atoms with Gasteiger partial charge in [-0.1, -0.05) is 0 Å². The van der Waals surface area contributed by atoms with E-state index in [1.807, 2.05) is 0 Å². The number of halogens is 3. The highest BCUT2D eigenvalue weighted by Crippen LogP contribution is 2.39. The van der Waals surface area contributed by atoms with Crippen molar-refractivity contribution in [2.75, 3.05) is 36.8 Å². The zero-order chi connectivity index (χ0) is 32.1. The second-order valence-corrected chi connectivity index (χ2v) is 11.8. The first-order chi connectivity index (χ1) is 21.3. The van der Waals surface area contributed by atoms with Crippen LogP contribution in [0, 0.1) is 0 Å². The number of fused-ring (bicyclic) bond motifs is 3. The van der Waals surface area contributed by atoms with Crippen molar-refractivity contribution in [3.8, 4) is 16.9 Å². The fraction of sp³-hybridized carbons (Fsp3) is 0.281. The molecular formula is C32H30F3N7O3. The number of rotatable bonds is 3. The highest BCUT2D eigenvalue weighted by Gasteiger charge is 2.37. The van der Waals surface area contributed by atoms with Gasteiger partial charge >= 0.3 is 12.3 Å². The minimum absolute atomic E-state index is 0.0305. The van der Waals surface area contributed by atoms with E-state index in [0.717, 1.165) is 6.07 Å². The molecule has 1 saturated heterocycles. The highest BCUT2D eigenvalue weighted by molar-refractivity contribution is 6.02. The molecule has 0 radical (unpaired) electrons. The van der Waals surface area contributed by atoms with Gasteiger partial charge in [0, 0.05) is 61.3 Å². The zero-order valence-corrected chi connectivity index (χ0v) is 24.8. The summed E-state index contributed by atoms with van der Waals surface area (Å²) in [6.45, 7) is 6.03. The maximum absolute atomic E-state index is 14.6. The van der Waals surface area contributed by atoms with Gasteiger partial charge in [0.15, 0.2) is 0 Å². The van der Waals surface area contributed by atoms with Crippen LogP contribution in [-0.4, -0.2) is 62.3 Å². The second kappa shape index (κ2) is 11.1. The number of anilines is 2. The first kappa shape index (κ1) is 29.9. The van der Waals surface area contributed by atoms with Crippen LogP contribution >= 0.6 is 0 Å². The van der Waals surface area contributed by atoms with E-state index in [4.69, 9.17) is 15.5 Å². The molecule has 1 amide bonds. The smallest absolute Gasteiger partial charge is 0.418 e. The predicted octanol–water partition coefficient (Wildman–Crippen LogP) is 5.65. The van der Waals surface area contributed by atoms with Crippen LogP contribution in [0.2, 0.25) is 0 Å². The molecular weight excluding hydrogens is 587 g/mol. The lowest BCUT2D eigenvalue weighted by atomic mass is 10.1. The van der Waals surface area contributed by atoms with Crippen LogP contribution in [-0.2, 0) is 10.9 Å². The van der Waals surface area contributed by atoms with Crippen molar-refractivity contribution in [1.82, 2.24) is 24.4 Å². The predicted molar refractivity (Wildman–Crippen MR) is 165 cm³/mol. The number of aromatic nitrogens is 4. The molecule has 45 heavy (non-hydrogen) atoms. The van der Waals surface area contributed by atoms with E-state index >= 15 is 0 Å². The van der Waals surface area contributed by atoms with E-state index in [1.165, 1.54) is 27.7 Å². The Bertz CT molecular complexity index is 1980. The van der Waals surface area contributed by atoms with Crippen molar-refractivity contribution in [2.45, 2.75) is 32.5 Å². The molecule has 0 aliphatic carbocycles. The van der Waals surface area contributed by atoms with Gasteiger partial charge in [-0.15, -0.1) is 0 Å². The largest absolute Gasteiger partial charge is 0.444 e. The number of carbonyl (C=O) groups is 1. The molecule has 232 valence electrons. The van der Waals surface area contributed by atoms with Gasteiger partial charge in [0.2, 0.25) is 0 Å². The third-order valence-corrected chi connectivity index (χ3v) is 7.46.